The molecule has 0 saturated heterocycles. The molecule has 0 bridgehead atoms. The fourth-order valence-corrected chi connectivity index (χ4v) is 0.503. The molecule has 0 aliphatic heterocycles. The molecule has 0 atom stereocenters. The van der Waals surface area contributed by atoms with Gasteiger partial charge in [-0.2, -0.15) is 0 Å². The van der Waals surface area contributed by atoms with Crippen molar-refractivity contribution in [1.29, 1.82) is 0 Å². The van der Waals surface area contributed by atoms with Gasteiger partial charge < -0.3 is 5.11 Å². The topological polar surface area (TPSA) is 47.5 Å². The normalized spacial score (nSPS) is 11.3. The van der Waals surface area contributed by atoms with E-state index in [1.165, 1.54) is 0 Å². The minimum absolute atomic E-state index is 0. The van der Waals surface area contributed by atoms with Crippen LogP contribution < -0.4 is 0 Å². The summed E-state index contributed by atoms with van der Waals surface area (Å²) in [6.45, 7) is 3.37. The SMILES string of the molecule is CC([OH2+])=C(C)C(=[OH+])N(C)C.[Fe]. The summed E-state index contributed by atoms with van der Waals surface area (Å²) in [6.07, 6.45) is 0. The Kier molecular flexibility index (Phi) is 6.23. The number of likely N-dealkylation sites (N-methyl/N-ethyl adjacent to an activating group) is 1. The summed E-state index contributed by atoms with van der Waals surface area (Å²) in [6, 6.07) is 0. The molecule has 3 nitrogen and oxygen atoms in total. The van der Waals surface area contributed by atoms with E-state index in [1.54, 1.807) is 32.8 Å². The molecule has 0 saturated carbocycles. The molecule has 0 aliphatic rings. The molecule has 11 heavy (non-hydrogen) atoms. The van der Waals surface area contributed by atoms with Crippen LogP contribution in [0.5, 0.6) is 0 Å². The Balaban J connectivity index is 0. The zero-order chi connectivity index (χ0) is 8.31. The second-order valence-electron chi connectivity index (χ2n) is 2.47. The summed E-state index contributed by atoms with van der Waals surface area (Å²) < 4.78 is 0. The van der Waals surface area contributed by atoms with Crippen molar-refractivity contribution < 1.29 is 27.0 Å². The van der Waals surface area contributed by atoms with E-state index in [2.05, 4.69) is 0 Å². The largest absolute Gasteiger partial charge is 0.596 e. The number of hydrogen-bond acceptors (Lipinski definition) is 0. The predicted molar refractivity (Wildman–Crippen MR) is 42.6 cm³/mol. The van der Waals surface area contributed by atoms with Crippen molar-refractivity contribution in [2.24, 2.45) is 0 Å². The average molecular weight is 201 g/mol. The van der Waals surface area contributed by atoms with E-state index in [9.17, 15) is 4.79 Å². The first-order valence-corrected chi connectivity index (χ1v) is 3.09. The standard InChI is InChI=1S/C7H13NO2.Fe/c1-5(6(2)9)7(10)8(3)4;/h9H,1-4H3;/p+2. The smallest absolute Gasteiger partial charge is 0.428 e. The van der Waals surface area contributed by atoms with Gasteiger partial charge in [0.1, 0.15) is 0 Å². The van der Waals surface area contributed by atoms with Gasteiger partial charge in [0.15, 0.2) is 5.57 Å². The third kappa shape index (κ3) is 4.06. The average Bonchev–Trinajstić information content (AvgIpc) is 1.84. The summed E-state index contributed by atoms with van der Waals surface area (Å²) >= 11 is 0. The van der Waals surface area contributed by atoms with Crippen molar-refractivity contribution in [3.05, 3.63) is 11.3 Å². The van der Waals surface area contributed by atoms with E-state index < -0.39 is 0 Å². The van der Waals surface area contributed by atoms with Crippen LogP contribution in [0.15, 0.2) is 11.3 Å². The molecule has 0 unspecified atom stereocenters. The van der Waals surface area contributed by atoms with Crippen LogP contribution in [0, 0.1) is 0 Å². The van der Waals surface area contributed by atoms with Gasteiger partial charge in [0.2, 0.25) is 5.76 Å². The van der Waals surface area contributed by atoms with Crippen molar-refractivity contribution in [2.45, 2.75) is 13.8 Å². The van der Waals surface area contributed by atoms with E-state index in [4.69, 9.17) is 5.11 Å². The number of amides is 1. The minimum atomic E-state index is 0. The molecular weight excluding hydrogens is 186 g/mol. The van der Waals surface area contributed by atoms with Gasteiger partial charge in [-0.05, 0) is 6.92 Å². The number of rotatable bonds is 1. The Labute approximate surface area is 77.6 Å². The van der Waals surface area contributed by atoms with E-state index in [1.807, 2.05) is 0 Å². The van der Waals surface area contributed by atoms with Crippen molar-refractivity contribution in [1.82, 2.24) is 4.90 Å². The fourth-order valence-electron chi connectivity index (χ4n) is 0.503. The van der Waals surface area contributed by atoms with Crippen molar-refractivity contribution in [3.8, 4) is 0 Å². The van der Waals surface area contributed by atoms with Gasteiger partial charge in [-0.15, -0.1) is 0 Å². The number of allylic oxidation sites excluding steroid dienone is 1. The van der Waals surface area contributed by atoms with Crippen LogP contribution in [0.25, 0.3) is 0 Å². The first kappa shape index (κ1) is 13.1. The van der Waals surface area contributed by atoms with Gasteiger partial charge in [-0.25, -0.2) is 0 Å². The maximum Gasteiger partial charge on any atom is 0.428 e. The molecule has 0 aromatic carbocycles. The van der Waals surface area contributed by atoms with Crippen molar-refractivity contribution in [2.75, 3.05) is 14.1 Å². The van der Waals surface area contributed by atoms with Crippen LogP contribution in [-0.4, -0.2) is 34.8 Å². The third-order valence-electron chi connectivity index (χ3n) is 1.32. The molecular formula is C7H15FeNO2+2. The van der Waals surface area contributed by atoms with Crippen LogP contribution in [0.2, 0.25) is 0 Å². The monoisotopic (exact) mass is 201 g/mol. The van der Waals surface area contributed by atoms with Gasteiger partial charge in [0.25, 0.3) is 0 Å². The molecule has 0 rings (SSSR count). The van der Waals surface area contributed by atoms with Crippen LogP contribution in [0.4, 0.5) is 0 Å². The van der Waals surface area contributed by atoms with Crippen LogP contribution in [0.3, 0.4) is 0 Å². The van der Waals surface area contributed by atoms with E-state index in [0.29, 0.717) is 11.3 Å². The molecule has 0 aliphatic carbocycles. The molecule has 0 fully saturated rings. The number of carbonyl (C=O) groups excluding carboxylic acids is 1. The van der Waals surface area contributed by atoms with Gasteiger partial charge >= 0.3 is 5.91 Å². The Morgan fingerprint density at radius 3 is 1.73 bits per heavy atom. The number of hydrogen-bond donors (Lipinski definition) is 0. The van der Waals surface area contributed by atoms with Crippen molar-refractivity contribution in [3.63, 3.8) is 0 Å². The summed E-state index contributed by atoms with van der Waals surface area (Å²) in [7, 11) is 3.48. The number of nitrogens with zero attached hydrogens (tertiary/aromatic N) is 1. The van der Waals surface area contributed by atoms with E-state index in [-0.39, 0.29) is 23.0 Å². The third-order valence-corrected chi connectivity index (χ3v) is 1.32. The second-order valence-corrected chi connectivity index (χ2v) is 2.47. The van der Waals surface area contributed by atoms with Crippen LogP contribution >= 0.6 is 0 Å². The van der Waals surface area contributed by atoms with E-state index in [0.717, 1.165) is 0 Å². The molecule has 0 radical (unpaired) electrons. The summed E-state index contributed by atoms with van der Waals surface area (Å²) in [5, 5.41) is 7.18. The minimum Gasteiger partial charge on any atom is -0.596 e. The molecule has 1 amide bonds. The zero-order valence-electron chi connectivity index (χ0n) is 7.25. The maximum absolute atomic E-state index is 9.23. The zero-order valence-corrected chi connectivity index (χ0v) is 8.35. The van der Waals surface area contributed by atoms with E-state index >= 15 is 0 Å². The van der Waals surface area contributed by atoms with Crippen LogP contribution in [0.1, 0.15) is 13.8 Å². The van der Waals surface area contributed by atoms with Gasteiger partial charge in [0.05, 0.1) is 0 Å². The Morgan fingerprint density at radius 1 is 1.27 bits per heavy atom. The molecule has 4 heteroatoms. The first-order valence-electron chi connectivity index (χ1n) is 3.09. The van der Waals surface area contributed by atoms with Crippen molar-refractivity contribution >= 4 is 5.91 Å². The summed E-state index contributed by atoms with van der Waals surface area (Å²) in [5.41, 5.74) is 0.616. The predicted octanol–water partition coefficient (Wildman–Crippen LogP) is 0.0664. The maximum atomic E-state index is 9.23. The van der Waals surface area contributed by atoms with Crippen LogP contribution in [-0.2, 0) is 17.1 Å². The Bertz CT molecular complexity index is 171. The van der Waals surface area contributed by atoms with Gasteiger partial charge in [0, 0.05) is 38.1 Å². The Morgan fingerprint density at radius 2 is 1.64 bits per heavy atom. The quantitative estimate of drug-likeness (QED) is 0.249. The second kappa shape index (κ2) is 5.22. The molecule has 0 spiro atoms. The molecule has 0 aromatic rings. The Hall–Kier alpha value is -0.471. The molecule has 0 heterocycles. The summed E-state index contributed by atoms with van der Waals surface area (Å²) in [5.74, 6) is 0.554. The molecule has 66 valence electrons. The molecule has 0 aromatic heterocycles. The molecule has 3 N–H and O–H groups in total. The summed E-state index contributed by atoms with van der Waals surface area (Å²) in [4.78, 5) is 10.8. The van der Waals surface area contributed by atoms with Gasteiger partial charge in [-0.1, -0.05) is 0 Å². The fraction of sp³-hybridized carbons (Fsp3) is 0.571. The first-order chi connectivity index (χ1) is 4.46. The van der Waals surface area contributed by atoms with Gasteiger partial charge in [-0.3, -0.25) is 9.69 Å².